The first kappa shape index (κ1) is 14.5. The minimum Gasteiger partial charge on any atom is -0.466 e. The highest BCUT2D eigenvalue weighted by atomic mass is 32.1. The Hall–Kier alpha value is -1.88. The third kappa shape index (κ3) is 2.82. The van der Waals surface area contributed by atoms with E-state index in [2.05, 4.69) is 17.2 Å². The van der Waals surface area contributed by atoms with Gasteiger partial charge in [0.05, 0.1) is 11.6 Å². The van der Waals surface area contributed by atoms with E-state index in [1.807, 2.05) is 32.9 Å². The van der Waals surface area contributed by atoms with Gasteiger partial charge in [-0.15, -0.1) is 0 Å². The number of aryl methyl sites for hydroxylation is 3. The first-order valence-corrected chi connectivity index (χ1v) is 6.90. The van der Waals surface area contributed by atoms with E-state index < -0.39 is 0 Å². The monoisotopic (exact) mass is 289 g/mol. The van der Waals surface area contributed by atoms with Crippen molar-refractivity contribution in [3.8, 4) is 0 Å². The second kappa shape index (κ2) is 5.63. The molecule has 0 fully saturated rings. The fourth-order valence-electron chi connectivity index (χ4n) is 2.34. The van der Waals surface area contributed by atoms with E-state index in [4.69, 9.17) is 22.4 Å². The van der Waals surface area contributed by atoms with Gasteiger partial charge in [0, 0.05) is 11.8 Å². The Morgan fingerprint density at radius 1 is 1.40 bits per heavy atom. The van der Waals surface area contributed by atoms with Gasteiger partial charge in [0.15, 0.2) is 0 Å². The Morgan fingerprint density at radius 3 is 2.65 bits per heavy atom. The molecule has 0 aliphatic heterocycles. The van der Waals surface area contributed by atoms with Gasteiger partial charge in [-0.05, 0) is 45.4 Å². The van der Waals surface area contributed by atoms with Crippen molar-refractivity contribution in [1.29, 1.82) is 0 Å². The second-order valence-corrected chi connectivity index (χ2v) is 5.39. The maximum atomic E-state index is 5.80. The molecule has 0 saturated carbocycles. The lowest BCUT2D eigenvalue weighted by molar-refractivity contribution is 0.500. The van der Waals surface area contributed by atoms with Crippen LogP contribution in [0.2, 0.25) is 0 Å². The second-order valence-electron chi connectivity index (χ2n) is 4.95. The van der Waals surface area contributed by atoms with Crippen molar-refractivity contribution in [2.45, 2.75) is 33.7 Å². The smallest absolute Gasteiger partial charge is 0.136 e. The van der Waals surface area contributed by atoms with Crippen LogP contribution in [0.25, 0.3) is 0 Å². The van der Waals surface area contributed by atoms with Crippen LogP contribution in [0.15, 0.2) is 22.7 Å². The van der Waals surface area contributed by atoms with Gasteiger partial charge in [-0.3, -0.25) is 0 Å². The van der Waals surface area contributed by atoms with Gasteiger partial charge in [0.25, 0.3) is 0 Å². The van der Waals surface area contributed by atoms with Crippen molar-refractivity contribution in [3.05, 3.63) is 46.5 Å². The summed E-state index contributed by atoms with van der Waals surface area (Å²) in [6, 6.07) is 4.00. The molecule has 0 aliphatic rings. The average Bonchev–Trinajstić information content (AvgIpc) is 2.68. The van der Waals surface area contributed by atoms with Crippen LogP contribution in [0.1, 0.15) is 41.2 Å². The summed E-state index contributed by atoms with van der Waals surface area (Å²) in [5, 5.41) is 3.36. The highest BCUT2D eigenvalue weighted by molar-refractivity contribution is 7.80. The summed E-state index contributed by atoms with van der Waals surface area (Å²) >= 11 is 5.12. The lowest BCUT2D eigenvalue weighted by Crippen LogP contribution is -2.17. The number of pyridine rings is 1. The van der Waals surface area contributed by atoms with Crippen LogP contribution in [-0.4, -0.2) is 9.97 Å². The quantitative estimate of drug-likeness (QED) is 0.844. The highest BCUT2D eigenvalue weighted by Crippen LogP contribution is 2.26. The molecule has 2 heterocycles. The standard InChI is InChI=1S/C15H19N3OS/c1-8-5-6-17-15(13(8)14(16)20)18-10(3)12-7-9(2)19-11(12)4/h5-7,10H,1-4H3,(H2,16,20)(H,17,18). The molecule has 4 nitrogen and oxygen atoms in total. The van der Waals surface area contributed by atoms with Gasteiger partial charge in [-0.1, -0.05) is 12.2 Å². The maximum absolute atomic E-state index is 5.80. The summed E-state index contributed by atoms with van der Waals surface area (Å²) in [4.78, 5) is 4.71. The fourth-order valence-corrected chi connectivity index (χ4v) is 2.60. The number of hydrogen-bond donors (Lipinski definition) is 2. The molecule has 20 heavy (non-hydrogen) atoms. The first-order chi connectivity index (χ1) is 9.40. The van der Waals surface area contributed by atoms with Gasteiger partial charge in [-0.2, -0.15) is 0 Å². The number of nitrogens with zero attached hydrogens (tertiary/aromatic N) is 1. The van der Waals surface area contributed by atoms with Gasteiger partial charge < -0.3 is 15.5 Å². The summed E-state index contributed by atoms with van der Waals surface area (Å²) in [5.41, 5.74) is 8.72. The van der Waals surface area contributed by atoms with Crippen LogP contribution >= 0.6 is 12.2 Å². The van der Waals surface area contributed by atoms with E-state index in [0.717, 1.165) is 28.2 Å². The number of nitrogens with one attached hydrogen (secondary N) is 1. The minimum atomic E-state index is 0.0647. The van der Waals surface area contributed by atoms with Crippen molar-refractivity contribution >= 4 is 23.0 Å². The lowest BCUT2D eigenvalue weighted by atomic mass is 10.1. The number of anilines is 1. The SMILES string of the molecule is Cc1cc(C(C)Nc2nccc(C)c2C(N)=S)c(C)o1. The predicted molar refractivity (Wildman–Crippen MR) is 85.1 cm³/mol. The number of rotatable bonds is 4. The molecule has 5 heteroatoms. The van der Waals surface area contributed by atoms with Gasteiger partial charge >= 0.3 is 0 Å². The van der Waals surface area contributed by atoms with E-state index in [0.29, 0.717) is 10.8 Å². The van der Waals surface area contributed by atoms with E-state index in [1.54, 1.807) is 6.20 Å². The Kier molecular flexibility index (Phi) is 4.09. The third-order valence-corrected chi connectivity index (χ3v) is 3.51. The number of thiocarbonyl (C=S) groups is 1. The Balaban J connectivity index is 2.33. The molecule has 0 saturated heterocycles. The fraction of sp³-hybridized carbons (Fsp3) is 0.333. The molecule has 0 radical (unpaired) electrons. The summed E-state index contributed by atoms with van der Waals surface area (Å²) < 4.78 is 5.56. The normalized spacial score (nSPS) is 12.2. The molecule has 0 bridgehead atoms. The number of aromatic nitrogens is 1. The molecule has 1 atom stereocenters. The Bertz CT molecular complexity index is 649. The topological polar surface area (TPSA) is 64.1 Å². The van der Waals surface area contributed by atoms with Crippen LogP contribution < -0.4 is 11.1 Å². The lowest BCUT2D eigenvalue weighted by Gasteiger charge is -2.17. The van der Waals surface area contributed by atoms with E-state index in [-0.39, 0.29) is 6.04 Å². The summed E-state index contributed by atoms with van der Waals surface area (Å²) in [7, 11) is 0. The molecule has 2 aromatic rings. The molecule has 0 aromatic carbocycles. The van der Waals surface area contributed by atoms with Crippen molar-refractivity contribution in [1.82, 2.24) is 4.98 Å². The maximum Gasteiger partial charge on any atom is 0.136 e. The third-order valence-electron chi connectivity index (χ3n) is 3.30. The van der Waals surface area contributed by atoms with Crippen LogP contribution in [0.5, 0.6) is 0 Å². The number of furan rings is 1. The van der Waals surface area contributed by atoms with Crippen LogP contribution in [0.4, 0.5) is 5.82 Å². The van der Waals surface area contributed by atoms with Crippen molar-refractivity contribution in [2.24, 2.45) is 5.73 Å². The molecule has 0 spiro atoms. The zero-order valence-electron chi connectivity index (χ0n) is 12.2. The molecule has 106 valence electrons. The minimum absolute atomic E-state index is 0.0647. The summed E-state index contributed by atoms with van der Waals surface area (Å²) in [6.07, 6.45) is 1.75. The molecule has 2 rings (SSSR count). The van der Waals surface area contributed by atoms with Gasteiger partial charge in [0.2, 0.25) is 0 Å². The van der Waals surface area contributed by atoms with Crippen LogP contribution in [0, 0.1) is 20.8 Å². The molecule has 0 aliphatic carbocycles. The largest absolute Gasteiger partial charge is 0.466 e. The number of nitrogens with two attached hydrogens (primary N) is 1. The highest BCUT2D eigenvalue weighted by Gasteiger charge is 2.16. The van der Waals surface area contributed by atoms with Crippen molar-refractivity contribution in [3.63, 3.8) is 0 Å². The molecule has 0 amide bonds. The van der Waals surface area contributed by atoms with Crippen molar-refractivity contribution in [2.75, 3.05) is 5.32 Å². The van der Waals surface area contributed by atoms with Crippen LogP contribution in [0.3, 0.4) is 0 Å². The molecule has 2 aromatic heterocycles. The van der Waals surface area contributed by atoms with E-state index in [9.17, 15) is 0 Å². The van der Waals surface area contributed by atoms with Crippen molar-refractivity contribution < 1.29 is 4.42 Å². The Morgan fingerprint density at radius 2 is 2.10 bits per heavy atom. The van der Waals surface area contributed by atoms with Crippen LogP contribution in [-0.2, 0) is 0 Å². The first-order valence-electron chi connectivity index (χ1n) is 6.49. The van der Waals surface area contributed by atoms with E-state index >= 15 is 0 Å². The number of hydrogen-bond acceptors (Lipinski definition) is 4. The zero-order chi connectivity index (χ0) is 14.9. The zero-order valence-corrected chi connectivity index (χ0v) is 13.0. The van der Waals surface area contributed by atoms with Gasteiger partial charge in [0.1, 0.15) is 22.3 Å². The molecule has 3 N–H and O–H groups in total. The molecule has 1 unspecified atom stereocenters. The molecular weight excluding hydrogens is 270 g/mol. The average molecular weight is 289 g/mol. The summed E-state index contributed by atoms with van der Waals surface area (Å²) in [6.45, 7) is 7.93. The van der Waals surface area contributed by atoms with Gasteiger partial charge in [-0.25, -0.2) is 4.98 Å². The van der Waals surface area contributed by atoms with E-state index in [1.165, 1.54) is 0 Å². The summed E-state index contributed by atoms with van der Waals surface area (Å²) in [5.74, 6) is 2.52. The predicted octanol–water partition coefficient (Wildman–Crippen LogP) is 3.41. The Labute approximate surface area is 124 Å². The molecular formula is C15H19N3OS.